The minimum Gasteiger partial charge on any atom is -0.490 e. The topological polar surface area (TPSA) is 107 Å². The second-order valence-electron chi connectivity index (χ2n) is 3.79. The van der Waals surface area contributed by atoms with Crippen LogP contribution in [0.25, 0.3) is 0 Å². The number of hydrogen-bond donors (Lipinski definition) is 2. The Morgan fingerprint density at radius 3 is 2.94 bits per heavy atom. The fourth-order valence-electron chi connectivity index (χ4n) is 1.37. The molecule has 0 spiro atoms. The first-order chi connectivity index (χ1) is 8.52. The second-order valence-corrected chi connectivity index (χ2v) is 3.79. The third kappa shape index (κ3) is 4.38. The van der Waals surface area contributed by atoms with Crippen LogP contribution in [0.3, 0.4) is 0 Å². The van der Waals surface area contributed by atoms with Gasteiger partial charge in [-0.15, -0.1) is 0 Å². The molecule has 1 atom stereocenters. The number of hydrazine groups is 1. The normalized spacial score (nSPS) is 11.7. The predicted molar refractivity (Wildman–Crippen MR) is 64.8 cm³/mol. The maximum atomic E-state index is 10.9. The van der Waals surface area contributed by atoms with Crippen molar-refractivity contribution in [2.75, 3.05) is 0 Å². The summed E-state index contributed by atoms with van der Waals surface area (Å²) in [6.07, 6.45) is 0.488. The van der Waals surface area contributed by atoms with Crippen molar-refractivity contribution in [2.45, 2.75) is 25.9 Å². The summed E-state index contributed by atoms with van der Waals surface area (Å²) in [5.74, 6) is 5.08. The van der Waals surface area contributed by atoms with Crippen LogP contribution in [0.1, 0.15) is 19.8 Å². The smallest absolute Gasteiger partial charge is 0.273 e. The number of nitrogens with zero attached hydrogens (tertiary/aromatic N) is 1. The number of nitrogens with two attached hydrogens (primary N) is 1. The molecule has 0 aliphatic heterocycles. The zero-order valence-electron chi connectivity index (χ0n) is 9.96. The molecule has 0 heterocycles. The van der Waals surface area contributed by atoms with E-state index in [0.29, 0.717) is 12.2 Å². The lowest BCUT2D eigenvalue weighted by Crippen LogP contribution is -2.30. The Morgan fingerprint density at radius 2 is 2.33 bits per heavy atom. The third-order valence-corrected chi connectivity index (χ3v) is 2.30. The number of rotatable bonds is 6. The summed E-state index contributed by atoms with van der Waals surface area (Å²) >= 11 is 0. The van der Waals surface area contributed by atoms with E-state index in [4.69, 9.17) is 10.6 Å². The van der Waals surface area contributed by atoms with Crippen LogP contribution in [0.4, 0.5) is 5.69 Å². The minimum absolute atomic E-state index is 0.0283. The molecule has 1 aromatic rings. The Labute approximate surface area is 104 Å². The first kappa shape index (κ1) is 13.9. The average Bonchev–Trinajstić information content (AvgIpc) is 2.36. The van der Waals surface area contributed by atoms with Crippen LogP contribution in [0, 0.1) is 10.1 Å². The minimum atomic E-state index is -0.487. The molecule has 7 nitrogen and oxygen atoms in total. The van der Waals surface area contributed by atoms with Gasteiger partial charge in [0.2, 0.25) is 5.91 Å². The van der Waals surface area contributed by atoms with Crippen molar-refractivity contribution in [1.29, 1.82) is 0 Å². The van der Waals surface area contributed by atoms with Crippen LogP contribution < -0.4 is 16.0 Å². The van der Waals surface area contributed by atoms with E-state index in [1.54, 1.807) is 19.1 Å². The van der Waals surface area contributed by atoms with E-state index in [9.17, 15) is 14.9 Å². The number of amides is 1. The Balaban J connectivity index is 2.53. The molecular weight excluding hydrogens is 238 g/mol. The zero-order chi connectivity index (χ0) is 13.5. The van der Waals surface area contributed by atoms with Crippen LogP contribution >= 0.6 is 0 Å². The van der Waals surface area contributed by atoms with Gasteiger partial charge in [-0.1, -0.05) is 6.07 Å². The van der Waals surface area contributed by atoms with Crippen molar-refractivity contribution in [3.63, 3.8) is 0 Å². The Kier molecular flexibility index (Phi) is 5.06. The lowest BCUT2D eigenvalue weighted by atomic mass is 10.2. The van der Waals surface area contributed by atoms with Gasteiger partial charge in [-0.05, 0) is 19.4 Å². The van der Waals surface area contributed by atoms with E-state index in [0.717, 1.165) is 0 Å². The Hall–Kier alpha value is -2.15. The number of nitro groups is 1. The molecule has 98 valence electrons. The highest BCUT2D eigenvalue weighted by Gasteiger charge is 2.10. The third-order valence-electron chi connectivity index (χ3n) is 2.30. The zero-order valence-corrected chi connectivity index (χ0v) is 9.96. The number of nitro benzene ring substituents is 1. The molecule has 0 aliphatic carbocycles. The van der Waals surface area contributed by atoms with Crippen molar-refractivity contribution in [1.82, 2.24) is 5.43 Å². The first-order valence-corrected chi connectivity index (χ1v) is 5.43. The highest BCUT2D eigenvalue weighted by atomic mass is 16.6. The maximum absolute atomic E-state index is 10.9. The summed E-state index contributed by atoms with van der Waals surface area (Å²) in [4.78, 5) is 21.0. The fourth-order valence-corrected chi connectivity index (χ4v) is 1.37. The van der Waals surface area contributed by atoms with Crippen molar-refractivity contribution in [3.05, 3.63) is 34.4 Å². The van der Waals surface area contributed by atoms with E-state index in [2.05, 4.69) is 0 Å². The number of ether oxygens (including phenoxy) is 1. The number of carbonyl (C=O) groups is 1. The molecule has 0 aliphatic rings. The summed E-state index contributed by atoms with van der Waals surface area (Å²) in [6, 6.07) is 5.91. The van der Waals surface area contributed by atoms with Crippen LogP contribution in [0.2, 0.25) is 0 Å². The van der Waals surface area contributed by atoms with Gasteiger partial charge < -0.3 is 4.74 Å². The Bertz CT molecular complexity index is 436. The van der Waals surface area contributed by atoms with E-state index >= 15 is 0 Å². The summed E-state index contributed by atoms with van der Waals surface area (Å²) in [5, 5.41) is 10.6. The van der Waals surface area contributed by atoms with Gasteiger partial charge in [0, 0.05) is 12.5 Å². The monoisotopic (exact) mass is 253 g/mol. The van der Waals surface area contributed by atoms with Crippen LogP contribution in [0.15, 0.2) is 24.3 Å². The fraction of sp³-hybridized carbons (Fsp3) is 0.364. The van der Waals surface area contributed by atoms with E-state index < -0.39 is 4.92 Å². The van der Waals surface area contributed by atoms with Gasteiger partial charge in [0.1, 0.15) is 5.75 Å². The van der Waals surface area contributed by atoms with Crippen LogP contribution in [0.5, 0.6) is 5.75 Å². The lowest BCUT2D eigenvalue weighted by molar-refractivity contribution is -0.384. The van der Waals surface area contributed by atoms with Gasteiger partial charge in [-0.3, -0.25) is 20.3 Å². The van der Waals surface area contributed by atoms with Gasteiger partial charge in [0.25, 0.3) is 5.69 Å². The molecule has 0 aromatic heterocycles. The molecule has 1 unspecified atom stereocenters. The summed E-state index contributed by atoms with van der Waals surface area (Å²) < 4.78 is 5.47. The summed E-state index contributed by atoms with van der Waals surface area (Å²) in [6.45, 7) is 1.78. The molecule has 0 saturated carbocycles. The molecule has 0 saturated heterocycles. The maximum Gasteiger partial charge on any atom is 0.273 e. The van der Waals surface area contributed by atoms with E-state index in [1.807, 2.05) is 5.43 Å². The number of benzene rings is 1. The van der Waals surface area contributed by atoms with Crippen LogP contribution in [-0.4, -0.2) is 16.9 Å². The van der Waals surface area contributed by atoms with Crippen molar-refractivity contribution in [3.8, 4) is 5.75 Å². The summed E-state index contributed by atoms with van der Waals surface area (Å²) in [7, 11) is 0. The molecule has 0 radical (unpaired) electrons. The number of hydrogen-bond acceptors (Lipinski definition) is 5. The van der Waals surface area contributed by atoms with E-state index in [1.165, 1.54) is 12.1 Å². The first-order valence-electron chi connectivity index (χ1n) is 5.43. The number of non-ortho nitro benzene ring substituents is 1. The van der Waals surface area contributed by atoms with Gasteiger partial charge >= 0.3 is 0 Å². The molecule has 18 heavy (non-hydrogen) atoms. The molecule has 1 aromatic carbocycles. The Morgan fingerprint density at radius 1 is 1.61 bits per heavy atom. The van der Waals surface area contributed by atoms with Crippen molar-refractivity contribution in [2.24, 2.45) is 5.84 Å². The molecule has 0 bridgehead atoms. The van der Waals surface area contributed by atoms with Gasteiger partial charge in [0.15, 0.2) is 0 Å². The SMILES string of the molecule is CC(CCC(=O)NN)Oc1cccc([N+](=O)[O-])c1. The predicted octanol–water partition coefficient (Wildman–Crippen LogP) is 1.13. The molecule has 1 rings (SSSR count). The molecule has 0 fully saturated rings. The average molecular weight is 253 g/mol. The standard InChI is InChI=1S/C11H15N3O4/c1-8(5-6-11(15)13-12)18-10-4-2-3-9(7-10)14(16)17/h2-4,7-8H,5-6,12H2,1H3,(H,13,15). The highest BCUT2D eigenvalue weighted by molar-refractivity contribution is 5.75. The molecule has 1 amide bonds. The molecular formula is C11H15N3O4. The molecule has 3 N–H and O–H groups in total. The van der Waals surface area contributed by atoms with Crippen molar-refractivity contribution < 1.29 is 14.5 Å². The summed E-state index contributed by atoms with van der Waals surface area (Å²) in [5.41, 5.74) is 2.00. The lowest BCUT2D eigenvalue weighted by Gasteiger charge is -2.13. The quantitative estimate of drug-likeness (QED) is 0.342. The molecule has 7 heteroatoms. The second kappa shape index (κ2) is 6.55. The largest absolute Gasteiger partial charge is 0.490 e. The van der Waals surface area contributed by atoms with Crippen molar-refractivity contribution >= 4 is 11.6 Å². The number of carbonyl (C=O) groups excluding carboxylic acids is 1. The van der Waals surface area contributed by atoms with Crippen LogP contribution in [-0.2, 0) is 4.79 Å². The van der Waals surface area contributed by atoms with Gasteiger partial charge in [0.05, 0.1) is 17.1 Å². The van der Waals surface area contributed by atoms with Gasteiger partial charge in [-0.2, -0.15) is 0 Å². The highest BCUT2D eigenvalue weighted by Crippen LogP contribution is 2.20. The van der Waals surface area contributed by atoms with Gasteiger partial charge in [-0.25, -0.2) is 5.84 Å². The number of nitrogens with one attached hydrogen (secondary N) is 1. The van der Waals surface area contributed by atoms with E-state index in [-0.39, 0.29) is 24.1 Å².